The number of hydrogen-bond acceptors (Lipinski definition) is 7. The highest BCUT2D eigenvalue weighted by Gasteiger charge is 2.39. The van der Waals surface area contributed by atoms with Crippen LogP contribution in [0.4, 0.5) is 4.79 Å². The SMILES string of the molecule is CCOC(=O)CNC(/C(C)=N\NC(=O)OCC)P(=O)(c1ccccc1)c1ccccc1. The summed E-state index contributed by atoms with van der Waals surface area (Å²) in [5.41, 5.74) is 2.63. The van der Waals surface area contributed by atoms with Crippen LogP contribution in [0.2, 0.25) is 0 Å². The number of hydrazone groups is 1. The van der Waals surface area contributed by atoms with Gasteiger partial charge in [0.05, 0.1) is 25.5 Å². The first kappa shape index (κ1) is 24.3. The van der Waals surface area contributed by atoms with Gasteiger partial charge in [-0.05, 0) is 20.8 Å². The molecule has 2 aromatic carbocycles. The summed E-state index contributed by atoms with van der Waals surface area (Å²) in [6.07, 6.45) is -0.722. The van der Waals surface area contributed by atoms with Crippen molar-refractivity contribution in [3.63, 3.8) is 0 Å². The minimum absolute atomic E-state index is 0.172. The van der Waals surface area contributed by atoms with Gasteiger partial charge in [-0.1, -0.05) is 60.7 Å². The molecule has 0 fully saturated rings. The Morgan fingerprint density at radius 2 is 1.45 bits per heavy atom. The fourth-order valence-corrected chi connectivity index (χ4v) is 6.09. The van der Waals surface area contributed by atoms with Gasteiger partial charge in [0.1, 0.15) is 5.78 Å². The van der Waals surface area contributed by atoms with Gasteiger partial charge < -0.3 is 14.0 Å². The van der Waals surface area contributed by atoms with Crippen molar-refractivity contribution in [1.82, 2.24) is 10.7 Å². The molecule has 0 saturated carbocycles. The average Bonchev–Trinajstić information content (AvgIpc) is 2.79. The van der Waals surface area contributed by atoms with Crippen LogP contribution in [0.3, 0.4) is 0 Å². The van der Waals surface area contributed by atoms with E-state index in [2.05, 4.69) is 15.8 Å². The summed E-state index contributed by atoms with van der Waals surface area (Å²) in [5, 5.41) is 8.31. The van der Waals surface area contributed by atoms with Crippen molar-refractivity contribution < 1.29 is 23.6 Å². The summed E-state index contributed by atoms with van der Waals surface area (Å²) in [7, 11) is -3.38. The van der Waals surface area contributed by atoms with Gasteiger partial charge in [-0.2, -0.15) is 5.10 Å². The van der Waals surface area contributed by atoms with E-state index >= 15 is 0 Å². The molecule has 1 atom stereocenters. The number of amides is 1. The number of carbonyl (C=O) groups is 2. The fraction of sp³-hybridized carbons (Fsp3) is 0.318. The first-order valence-electron chi connectivity index (χ1n) is 10.00. The first-order chi connectivity index (χ1) is 14.9. The third kappa shape index (κ3) is 6.51. The molecule has 0 radical (unpaired) electrons. The molecule has 0 aromatic heterocycles. The van der Waals surface area contributed by atoms with Gasteiger partial charge >= 0.3 is 12.1 Å². The van der Waals surface area contributed by atoms with E-state index in [9.17, 15) is 14.2 Å². The molecule has 166 valence electrons. The highest BCUT2D eigenvalue weighted by Crippen LogP contribution is 2.48. The van der Waals surface area contributed by atoms with Crippen molar-refractivity contribution in [2.45, 2.75) is 26.6 Å². The van der Waals surface area contributed by atoms with Gasteiger partial charge in [0.15, 0.2) is 7.14 Å². The van der Waals surface area contributed by atoms with Crippen LogP contribution >= 0.6 is 7.14 Å². The van der Waals surface area contributed by atoms with Crippen LogP contribution in [0.1, 0.15) is 20.8 Å². The summed E-state index contributed by atoms with van der Waals surface area (Å²) in [6, 6.07) is 18.0. The smallest absolute Gasteiger partial charge is 0.427 e. The van der Waals surface area contributed by atoms with Crippen LogP contribution in [0, 0.1) is 0 Å². The molecule has 31 heavy (non-hydrogen) atoms. The van der Waals surface area contributed by atoms with Gasteiger partial charge in [0.25, 0.3) is 0 Å². The topological polar surface area (TPSA) is 106 Å². The summed E-state index contributed by atoms with van der Waals surface area (Å²) < 4.78 is 24.5. The van der Waals surface area contributed by atoms with E-state index < -0.39 is 25.0 Å². The van der Waals surface area contributed by atoms with E-state index in [4.69, 9.17) is 9.47 Å². The van der Waals surface area contributed by atoms with E-state index in [1.165, 1.54) is 0 Å². The maximum Gasteiger partial charge on any atom is 0.427 e. The molecule has 1 amide bonds. The molecule has 0 spiro atoms. The van der Waals surface area contributed by atoms with Gasteiger partial charge in [-0.15, -0.1) is 0 Å². The molecule has 0 aliphatic carbocycles. The van der Waals surface area contributed by atoms with Gasteiger partial charge in [-0.25, -0.2) is 10.2 Å². The second kappa shape index (κ2) is 12.0. The van der Waals surface area contributed by atoms with Crippen molar-refractivity contribution in [3.05, 3.63) is 60.7 Å². The largest absolute Gasteiger partial charge is 0.465 e. The Morgan fingerprint density at radius 1 is 0.935 bits per heavy atom. The highest BCUT2D eigenvalue weighted by atomic mass is 31.2. The van der Waals surface area contributed by atoms with Crippen LogP contribution in [0.15, 0.2) is 65.8 Å². The average molecular weight is 445 g/mol. The third-order valence-electron chi connectivity index (χ3n) is 4.38. The molecule has 0 saturated heterocycles. The number of esters is 1. The minimum Gasteiger partial charge on any atom is -0.465 e. The lowest BCUT2D eigenvalue weighted by molar-refractivity contribution is -0.141. The molecule has 8 nitrogen and oxygen atoms in total. The molecule has 0 heterocycles. The molecular weight excluding hydrogens is 417 g/mol. The highest BCUT2D eigenvalue weighted by molar-refractivity contribution is 7.80. The zero-order valence-corrected chi connectivity index (χ0v) is 18.8. The van der Waals surface area contributed by atoms with Crippen molar-refractivity contribution in [2.24, 2.45) is 5.10 Å². The van der Waals surface area contributed by atoms with Gasteiger partial charge in [0.2, 0.25) is 0 Å². The van der Waals surface area contributed by atoms with E-state index in [0.29, 0.717) is 16.3 Å². The molecule has 2 N–H and O–H groups in total. The summed E-state index contributed by atoms with van der Waals surface area (Å²) in [4.78, 5) is 23.7. The quantitative estimate of drug-likeness (QED) is 0.252. The Kier molecular flexibility index (Phi) is 9.43. The number of ether oxygens (including phenoxy) is 2. The zero-order chi connectivity index (χ0) is 22.7. The molecule has 9 heteroatoms. The molecule has 1 unspecified atom stereocenters. The normalized spacial score (nSPS) is 12.7. The maximum atomic E-state index is 14.7. The monoisotopic (exact) mass is 445 g/mol. The van der Waals surface area contributed by atoms with Crippen molar-refractivity contribution in [1.29, 1.82) is 0 Å². The van der Waals surface area contributed by atoms with Gasteiger partial charge in [0, 0.05) is 10.6 Å². The Morgan fingerprint density at radius 3 is 1.94 bits per heavy atom. The molecule has 0 aliphatic heterocycles. The predicted octanol–water partition coefficient (Wildman–Crippen LogP) is 2.60. The van der Waals surface area contributed by atoms with E-state index in [0.717, 1.165) is 0 Å². The third-order valence-corrected chi connectivity index (χ3v) is 7.80. The second-order valence-electron chi connectivity index (χ2n) is 6.50. The lowest BCUT2D eigenvalue weighted by Crippen LogP contribution is -2.44. The predicted molar refractivity (Wildman–Crippen MR) is 121 cm³/mol. The van der Waals surface area contributed by atoms with Crippen LogP contribution in [0.5, 0.6) is 0 Å². The van der Waals surface area contributed by atoms with Crippen LogP contribution in [-0.4, -0.2) is 43.3 Å². The van der Waals surface area contributed by atoms with Crippen molar-refractivity contribution >= 4 is 35.5 Å². The standard InChI is InChI=1S/C22H28N3O5P/c1-4-29-20(26)16-23-21(17(3)24-25-22(27)30-5-2)31(28,18-12-8-6-9-13-18)19-14-10-7-11-15-19/h6-15,21,23H,4-5,16H2,1-3H3,(H,25,27)/b24-17-. The van der Waals surface area contributed by atoms with E-state index in [1.54, 1.807) is 69.3 Å². The number of rotatable bonds is 10. The van der Waals surface area contributed by atoms with Gasteiger partial charge in [-0.3, -0.25) is 10.1 Å². The zero-order valence-electron chi connectivity index (χ0n) is 17.9. The Labute approximate surface area is 182 Å². The Hall–Kier alpha value is -2.96. The minimum atomic E-state index is -3.38. The van der Waals surface area contributed by atoms with Crippen molar-refractivity contribution in [2.75, 3.05) is 19.8 Å². The number of hydrogen-bond donors (Lipinski definition) is 2. The molecular formula is C22H28N3O5P. The molecule has 2 aromatic rings. The van der Waals surface area contributed by atoms with Crippen LogP contribution in [-0.2, 0) is 18.8 Å². The Balaban J connectivity index is 2.52. The molecule has 0 bridgehead atoms. The lowest BCUT2D eigenvalue weighted by Gasteiger charge is -2.29. The molecule has 0 aliphatic rings. The van der Waals surface area contributed by atoms with E-state index in [-0.39, 0.29) is 19.8 Å². The molecule has 2 rings (SSSR count). The summed E-state index contributed by atoms with van der Waals surface area (Å²) >= 11 is 0. The summed E-state index contributed by atoms with van der Waals surface area (Å²) in [6.45, 7) is 5.28. The second-order valence-corrected chi connectivity index (χ2v) is 9.37. The Bertz CT molecular complexity index is 891. The summed E-state index contributed by atoms with van der Waals surface area (Å²) in [5.74, 6) is -1.35. The number of nitrogens with one attached hydrogen (secondary N) is 2. The maximum absolute atomic E-state index is 14.7. The fourth-order valence-electron chi connectivity index (χ4n) is 3.04. The van der Waals surface area contributed by atoms with Crippen molar-refractivity contribution in [3.8, 4) is 0 Å². The number of benzene rings is 2. The number of nitrogens with zero attached hydrogens (tertiary/aromatic N) is 1. The van der Waals surface area contributed by atoms with E-state index in [1.807, 2.05) is 12.1 Å². The number of carbonyl (C=O) groups excluding carboxylic acids is 2. The van der Waals surface area contributed by atoms with Crippen LogP contribution in [0.25, 0.3) is 0 Å². The lowest BCUT2D eigenvalue weighted by atomic mass is 10.4. The first-order valence-corrected chi connectivity index (χ1v) is 11.8. The van der Waals surface area contributed by atoms with Crippen LogP contribution < -0.4 is 21.4 Å².